The highest BCUT2D eigenvalue weighted by molar-refractivity contribution is 6.30. The number of hydrogen-bond acceptors (Lipinski definition) is 1. The number of pyridine rings is 1. The molecule has 1 aromatic heterocycles. The second-order valence-corrected chi connectivity index (χ2v) is 3.03. The summed E-state index contributed by atoms with van der Waals surface area (Å²) in [6.45, 7) is 8.24. The fourth-order valence-corrected chi connectivity index (χ4v) is 0.926. The summed E-state index contributed by atoms with van der Waals surface area (Å²) in [6, 6.07) is 1.94. The average molecular weight is 186 g/mol. The second kappa shape index (κ2) is 6.01. The van der Waals surface area contributed by atoms with Gasteiger partial charge in [0.05, 0.1) is 5.02 Å². The van der Waals surface area contributed by atoms with E-state index in [2.05, 4.69) is 18.8 Å². The highest BCUT2D eigenvalue weighted by Gasteiger charge is 1.98. The number of hydrogen-bond donors (Lipinski definition) is 0. The minimum absolute atomic E-state index is 0.506. The van der Waals surface area contributed by atoms with Crippen LogP contribution in [0.25, 0.3) is 0 Å². The van der Waals surface area contributed by atoms with Crippen LogP contribution >= 0.6 is 11.6 Å². The fourth-order valence-electron chi connectivity index (χ4n) is 0.744. The molecule has 2 heteroatoms. The van der Waals surface area contributed by atoms with E-state index >= 15 is 0 Å². The molecule has 1 rings (SSSR count). The van der Waals surface area contributed by atoms with E-state index in [9.17, 15) is 0 Å². The first-order chi connectivity index (χ1) is 5.70. The van der Waals surface area contributed by atoms with E-state index in [1.165, 1.54) is 5.56 Å². The van der Waals surface area contributed by atoms with Gasteiger partial charge in [0.15, 0.2) is 0 Å². The van der Waals surface area contributed by atoms with Gasteiger partial charge in [-0.3, -0.25) is 4.98 Å². The summed E-state index contributed by atoms with van der Waals surface area (Å²) in [4.78, 5) is 3.97. The van der Waals surface area contributed by atoms with Crippen molar-refractivity contribution in [3.8, 4) is 0 Å². The first-order valence-corrected chi connectivity index (χ1v) is 4.68. The summed E-state index contributed by atoms with van der Waals surface area (Å²) < 4.78 is 0. The molecule has 0 saturated heterocycles. The molecular weight excluding hydrogens is 170 g/mol. The SMILES string of the molecule is CC.CC(C)c1cncc(Cl)c1. The summed E-state index contributed by atoms with van der Waals surface area (Å²) in [5.74, 6) is 0.506. The Hall–Kier alpha value is -0.560. The molecule has 0 aliphatic carbocycles. The molecule has 0 spiro atoms. The first kappa shape index (κ1) is 11.4. The third-order valence-corrected chi connectivity index (χ3v) is 1.60. The summed E-state index contributed by atoms with van der Waals surface area (Å²) in [5.41, 5.74) is 1.19. The van der Waals surface area contributed by atoms with E-state index < -0.39 is 0 Å². The van der Waals surface area contributed by atoms with Gasteiger partial charge in [0, 0.05) is 12.4 Å². The minimum Gasteiger partial charge on any atom is -0.263 e. The highest BCUT2D eigenvalue weighted by atomic mass is 35.5. The third-order valence-electron chi connectivity index (χ3n) is 1.39. The first-order valence-electron chi connectivity index (χ1n) is 4.30. The molecule has 12 heavy (non-hydrogen) atoms. The molecule has 0 amide bonds. The molecule has 0 atom stereocenters. The average Bonchev–Trinajstić information content (AvgIpc) is 2.08. The maximum atomic E-state index is 5.73. The molecule has 0 aliphatic heterocycles. The monoisotopic (exact) mass is 185 g/mol. The van der Waals surface area contributed by atoms with Gasteiger partial charge in [0.2, 0.25) is 0 Å². The number of aromatic nitrogens is 1. The lowest BCUT2D eigenvalue weighted by Crippen LogP contribution is -1.87. The van der Waals surface area contributed by atoms with Crippen LogP contribution in [0.5, 0.6) is 0 Å². The van der Waals surface area contributed by atoms with Crippen LogP contribution in [0.15, 0.2) is 18.5 Å². The van der Waals surface area contributed by atoms with Crippen molar-refractivity contribution in [3.63, 3.8) is 0 Å². The molecule has 0 bridgehead atoms. The number of halogens is 1. The summed E-state index contributed by atoms with van der Waals surface area (Å²) in [7, 11) is 0. The molecule has 0 N–H and O–H groups in total. The largest absolute Gasteiger partial charge is 0.263 e. The van der Waals surface area contributed by atoms with E-state index in [0.717, 1.165) is 0 Å². The molecule has 68 valence electrons. The van der Waals surface area contributed by atoms with Crippen molar-refractivity contribution in [2.75, 3.05) is 0 Å². The van der Waals surface area contributed by atoms with Crippen LogP contribution < -0.4 is 0 Å². The summed E-state index contributed by atoms with van der Waals surface area (Å²) in [5, 5.41) is 0.714. The van der Waals surface area contributed by atoms with Crippen molar-refractivity contribution in [2.24, 2.45) is 0 Å². The Morgan fingerprint density at radius 2 is 1.83 bits per heavy atom. The lowest BCUT2D eigenvalue weighted by molar-refractivity contribution is 0.858. The molecule has 0 aliphatic rings. The van der Waals surface area contributed by atoms with E-state index in [1.54, 1.807) is 6.20 Å². The Balaban J connectivity index is 0.000000561. The van der Waals surface area contributed by atoms with Gasteiger partial charge >= 0.3 is 0 Å². The van der Waals surface area contributed by atoms with Crippen molar-refractivity contribution in [3.05, 3.63) is 29.0 Å². The van der Waals surface area contributed by atoms with Gasteiger partial charge in [-0.1, -0.05) is 39.3 Å². The van der Waals surface area contributed by atoms with Gasteiger partial charge in [-0.15, -0.1) is 0 Å². The van der Waals surface area contributed by atoms with Crippen LogP contribution in [0.3, 0.4) is 0 Å². The van der Waals surface area contributed by atoms with E-state index in [0.29, 0.717) is 10.9 Å². The Kier molecular flexibility index (Phi) is 5.73. The van der Waals surface area contributed by atoms with Gasteiger partial charge in [0.1, 0.15) is 0 Å². The maximum Gasteiger partial charge on any atom is 0.0592 e. The number of nitrogens with zero attached hydrogens (tertiary/aromatic N) is 1. The standard InChI is InChI=1S/C8H10ClN.C2H6/c1-6(2)7-3-8(9)5-10-4-7;1-2/h3-6H,1-2H3;1-2H3. The smallest absolute Gasteiger partial charge is 0.0592 e. The second-order valence-electron chi connectivity index (χ2n) is 2.59. The quantitative estimate of drug-likeness (QED) is 0.647. The Morgan fingerprint density at radius 1 is 1.25 bits per heavy atom. The molecule has 0 unspecified atom stereocenters. The molecule has 0 saturated carbocycles. The van der Waals surface area contributed by atoms with Crippen LogP contribution in [0.1, 0.15) is 39.2 Å². The predicted octanol–water partition coefficient (Wildman–Crippen LogP) is 3.88. The molecule has 0 aromatic carbocycles. The molecule has 1 aromatic rings. The van der Waals surface area contributed by atoms with Crippen LogP contribution in [-0.2, 0) is 0 Å². The van der Waals surface area contributed by atoms with E-state index in [4.69, 9.17) is 11.6 Å². The van der Waals surface area contributed by atoms with Crippen LogP contribution in [0, 0.1) is 0 Å². The zero-order chi connectivity index (χ0) is 9.56. The predicted molar refractivity (Wildman–Crippen MR) is 54.7 cm³/mol. The molecule has 0 fully saturated rings. The Morgan fingerprint density at radius 3 is 2.17 bits per heavy atom. The zero-order valence-electron chi connectivity index (χ0n) is 8.13. The van der Waals surface area contributed by atoms with Crippen molar-refractivity contribution in [1.82, 2.24) is 4.98 Å². The topological polar surface area (TPSA) is 12.9 Å². The fraction of sp³-hybridized carbons (Fsp3) is 0.500. The van der Waals surface area contributed by atoms with Crippen molar-refractivity contribution < 1.29 is 0 Å². The van der Waals surface area contributed by atoms with Gasteiger partial charge in [-0.05, 0) is 17.5 Å². The molecule has 1 nitrogen and oxygen atoms in total. The Labute approximate surface area is 79.8 Å². The summed E-state index contributed by atoms with van der Waals surface area (Å²) >= 11 is 5.73. The zero-order valence-corrected chi connectivity index (χ0v) is 8.89. The van der Waals surface area contributed by atoms with Crippen molar-refractivity contribution >= 4 is 11.6 Å². The lowest BCUT2D eigenvalue weighted by Gasteiger charge is -2.02. The minimum atomic E-state index is 0.506. The third kappa shape index (κ3) is 3.72. The molecule has 1 heterocycles. The summed E-state index contributed by atoms with van der Waals surface area (Å²) in [6.07, 6.45) is 3.49. The van der Waals surface area contributed by atoms with Crippen LogP contribution in [0.2, 0.25) is 5.02 Å². The van der Waals surface area contributed by atoms with Gasteiger partial charge in [-0.25, -0.2) is 0 Å². The van der Waals surface area contributed by atoms with Crippen molar-refractivity contribution in [2.45, 2.75) is 33.6 Å². The molecular formula is C10H16ClN. The van der Waals surface area contributed by atoms with Crippen LogP contribution in [0.4, 0.5) is 0 Å². The maximum absolute atomic E-state index is 5.73. The van der Waals surface area contributed by atoms with Crippen molar-refractivity contribution in [1.29, 1.82) is 0 Å². The number of rotatable bonds is 1. The highest BCUT2D eigenvalue weighted by Crippen LogP contribution is 2.16. The molecule has 0 radical (unpaired) electrons. The van der Waals surface area contributed by atoms with Crippen LogP contribution in [-0.4, -0.2) is 4.98 Å². The lowest BCUT2D eigenvalue weighted by atomic mass is 10.1. The van der Waals surface area contributed by atoms with Gasteiger partial charge < -0.3 is 0 Å². The van der Waals surface area contributed by atoms with E-state index in [1.807, 2.05) is 26.1 Å². The van der Waals surface area contributed by atoms with Gasteiger partial charge in [-0.2, -0.15) is 0 Å². The normalized spacial score (nSPS) is 9.17. The van der Waals surface area contributed by atoms with Gasteiger partial charge in [0.25, 0.3) is 0 Å². The van der Waals surface area contributed by atoms with E-state index in [-0.39, 0.29) is 0 Å². The Bertz CT molecular complexity index is 221.